The van der Waals surface area contributed by atoms with Gasteiger partial charge in [0.25, 0.3) is 0 Å². The minimum Gasteiger partial charge on any atom is -0.466 e. The van der Waals surface area contributed by atoms with Crippen molar-refractivity contribution in [3.63, 3.8) is 0 Å². The van der Waals surface area contributed by atoms with Crippen molar-refractivity contribution in [2.45, 2.75) is 70.5 Å². The molecule has 1 spiro atoms. The average Bonchev–Trinajstić information content (AvgIpc) is 3.58. The third-order valence-electron chi connectivity index (χ3n) is 8.99. The molecule has 5 rings (SSSR count). The maximum absolute atomic E-state index is 14.6. The number of rotatable bonds is 10. The minimum absolute atomic E-state index is 0.0781. The van der Waals surface area contributed by atoms with E-state index in [4.69, 9.17) is 9.47 Å². The fourth-order valence-corrected chi connectivity index (χ4v) is 7.08. The van der Waals surface area contributed by atoms with Gasteiger partial charge in [-0.1, -0.05) is 37.3 Å². The van der Waals surface area contributed by atoms with E-state index < -0.39 is 41.1 Å². The van der Waals surface area contributed by atoms with E-state index in [1.54, 1.807) is 22.6 Å². The number of fused-ring (bicyclic) bond motifs is 2. The number of aliphatic hydroxyl groups excluding tert-OH is 1. The zero-order chi connectivity index (χ0) is 28.1. The topological polar surface area (TPSA) is 127 Å². The summed E-state index contributed by atoms with van der Waals surface area (Å²) in [7, 11) is 0. The molecule has 4 heterocycles. The Kier molecular flexibility index (Phi) is 7.00. The predicted molar refractivity (Wildman–Crippen MR) is 141 cm³/mol. The van der Waals surface area contributed by atoms with Crippen LogP contribution >= 0.6 is 0 Å². The van der Waals surface area contributed by atoms with Gasteiger partial charge in [0.15, 0.2) is 0 Å². The number of carbonyl (C=O) groups is 3. The lowest BCUT2D eigenvalue weighted by molar-refractivity contribution is -0.163. The number of aliphatic hydroxyl groups is 1. The lowest BCUT2D eigenvalue weighted by Gasteiger charge is -2.39. The first-order chi connectivity index (χ1) is 18.7. The Bertz CT molecular complexity index is 1290. The van der Waals surface area contributed by atoms with Crippen molar-refractivity contribution >= 4 is 28.8 Å². The van der Waals surface area contributed by atoms with Crippen LogP contribution in [0.15, 0.2) is 36.9 Å². The van der Waals surface area contributed by atoms with Crippen molar-refractivity contribution in [1.82, 2.24) is 24.8 Å². The first kappa shape index (κ1) is 27.3. The van der Waals surface area contributed by atoms with E-state index in [0.29, 0.717) is 18.4 Å². The van der Waals surface area contributed by atoms with Crippen LogP contribution in [0, 0.1) is 17.8 Å². The number of benzene rings is 1. The number of hydrogen-bond donors (Lipinski definition) is 1. The van der Waals surface area contributed by atoms with Crippen LogP contribution in [0.3, 0.4) is 0 Å². The van der Waals surface area contributed by atoms with E-state index in [9.17, 15) is 19.5 Å². The number of hydrogen-bond acceptors (Lipinski definition) is 8. The molecule has 1 N–H and O–H groups in total. The first-order valence-electron chi connectivity index (χ1n) is 13.7. The van der Waals surface area contributed by atoms with Crippen LogP contribution in [0.1, 0.15) is 40.5 Å². The first-order valence-corrected chi connectivity index (χ1v) is 13.7. The van der Waals surface area contributed by atoms with Crippen molar-refractivity contribution in [2.75, 3.05) is 19.8 Å². The Hall–Kier alpha value is -3.31. The van der Waals surface area contributed by atoms with E-state index >= 15 is 0 Å². The van der Waals surface area contributed by atoms with Crippen LogP contribution in [-0.2, 0) is 30.5 Å². The highest BCUT2D eigenvalue weighted by atomic mass is 16.6. The summed E-state index contributed by atoms with van der Waals surface area (Å²) in [6, 6.07) is 5.81. The van der Waals surface area contributed by atoms with E-state index in [-0.39, 0.29) is 44.2 Å². The maximum atomic E-state index is 14.6. The summed E-state index contributed by atoms with van der Waals surface area (Å²) in [5.74, 6) is -3.03. The van der Waals surface area contributed by atoms with Gasteiger partial charge >= 0.3 is 5.97 Å². The summed E-state index contributed by atoms with van der Waals surface area (Å²) in [6.45, 7) is 11.4. The van der Waals surface area contributed by atoms with Gasteiger partial charge in [-0.05, 0) is 44.7 Å². The fourth-order valence-electron chi connectivity index (χ4n) is 7.08. The molecule has 1 aromatic heterocycles. The molecule has 0 radical (unpaired) electrons. The van der Waals surface area contributed by atoms with Gasteiger partial charge in [0.05, 0.1) is 36.3 Å². The number of esters is 1. The number of likely N-dealkylation sites (tertiary alicyclic amines) is 1. The molecule has 2 amide bonds. The quantitative estimate of drug-likeness (QED) is 0.357. The summed E-state index contributed by atoms with van der Waals surface area (Å²) in [6.07, 6.45) is 2.48. The van der Waals surface area contributed by atoms with Crippen molar-refractivity contribution in [2.24, 2.45) is 17.8 Å². The lowest BCUT2D eigenvalue weighted by atomic mass is 9.62. The Morgan fingerprint density at radius 2 is 2.10 bits per heavy atom. The second-order valence-corrected chi connectivity index (χ2v) is 11.0. The third kappa shape index (κ3) is 3.88. The number of para-hydroxylation sites is 1. The van der Waals surface area contributed by atoms with Gasteiger partial charge in [0, 0.05) is 6.54 Å². The summed E-state index contributed by atoms with van der Waals surface area (Å²) >= 11 is 0. The minimum atomic E-state index is -1.23. The van der Waals surface area contributed by atoms with Gasteiger partial charge in [0.2, 0.25) is 11.8 Å². The molecule has 39 heavy (non-hydrogen) atoms. The summed E-state index contributed by atoms with van der Waals surface area (Å²) in [5, 5.41) is 18.7. The molecular weight excluding hydrogens is 502 g/mol. The highest BCUT2D eigenvalue weighted by Crippen LogP contribution is 2.65. The smallest absolute Gasteiger partial charge is 0.312 e. The van der Waals surface area contributed by atoms with E-state index in [1.807, 2.05) is 45.0 Å². The van der Waals surface area contributed by atoms with Gasteiger partial charge in [0.1, 0.15) is 29.7 Å². The van der Waals surface area contributed by atoms with Gasteiger partial charge in [-0.3, -0.25) is 14.4 Å². The molecule has 2 aromatic rings. The largest absolute Gasteiger partial charge is 0.466 e. The van der Waals surface area contributed by atoms with Gasteiger partial charge in [-0.15, -0.1) is 11.7 Å². The monoisotopic (exact) mass is 539 g/mol. The molecule has 3 aliphatic heterocycles. The zero-order valence-electron chi connectivity index (χ0n) is 22.9. The highest BCUT2D eigenvalue weighted by Gasteiger charge is 2.80. The SMILES string of the molecule is C=CCN(Cn1nnc2ccccc21)C(=O)C1N([C@@H](CC)CO)C(=O)[C@@H]2[C@@H](C(=O)OCC)[C@]3(C)OC12CC3C. The predicted octanol–water partition coefficient (Wildman–Crippen LogP) is 1.75. The number of aromatic nitrogens is 3. The molecule has 210 valence electrons. The highest BCUT2D eigenvalue weighted by molar-refractivity contribution is 5.98. The van der Waals surface area contributed by atoms with Gasteiger partial charge in [-0.25, -0.2) is 4.68 Å². The Labute approximate surface area is 227 Å². The van der Waals surface area contributed by atoms with Crippen LogP contribution in [0.4, 0.5) is 0 Å². The average molecular weight is 540 g/mol. The lowest BCUT2D eigenvalue weighted by Crippen LogP contribution is -2.59. The van der Waals surface area contributed by atoms with Crippen LogP contribution in [0.5, 0.6) is 0 Å². The maximum Gasteiger partial charge on any atom is 0.312 e. The van der Waals surface area contributed by atoms with E-state index in [0.717, 1.165) is 5.52 Å². The summed E-state index contributed by atoms with van der Waals surface area (Å²) in [5.41, 5.74) is -0.726. The molecule has 0 saturated carbocycles. The second-order valence-electron chi connectivity index (χ2n) is 11.0. The van der Waals surface area contributed by atoms with Crippen LogP contribution in [0.2, 0.25) is 0 Å². The zero-order valence-corrected chi connectivity index (χ0v) is 22.9. The summed E-state index contributed by atoms with van der Waals surface area (Å²) in [4.78, 5) is 45.1. The normalized spacial score (nSPS) is 31.9. The molecule has 2 bridgehead atoms. The molecule has 7 atom stereocenters. The third-order valence-corrected chi connectivity index (χ3v) is 8.99. The number of ether oxygens (including phenoxy) is 2. The molecule has 3 aliphatic rings. The molecule has 3 saturated heterocycles. The van der Waals surface area contributed by atoms with Crippen molar-refractivity contribution in [3.05, 3.63) is 36.9 Å². The molecule has 3 fully saturated rings. The van der Waals surface area contributed by atoms with Crippen molar-refractivity contribution in [3.8, 4) is 0 Å². The van der Waals surface area contributed by atoms with Crippen molar-refractivity contribution in [1.29, 1.82) is 0 Å². The second kappa shape index (κ2) is 10.0. The van der Waals surface area contributed by atoms with Gasteiger partial charge < -0.3 is 24.4 Å². The number of carbonyl (C=O) groups excluding carboxylic acids is 3. The van der Waals surface area contributed by atoms with Crippen LogP contribution in [-0.4, -0.2) is 90.7 Å². The van der Waals surface area contributed by atoms with Crippen molar-refractivity contribution < 1.29 is 29.0 Å². The Morgan fingerprint density at radius 3 is 2.77 bits per heavy atom. The molecular formula is C28H37N5O6. The van der Waals surface area contributed by atoms with E-state index in [2.05, 4.69) is 16.9 Å². The number of nitrogens with zero attached hydrogens (tertiary/aromatic N) is 5. The van der Waals surface area contributed by atoms with Gasteiger partial charge in [-0.2, -0.15) is 0 Å². The molecule has 11 heteroatoms. The molecule has 3 unspecified atom stereocenters. The molecule has 0 aliphatic carbocycles. The summed E-state index contributed by atoms with van der Waals surface area (Å²) < 4.78 is 13.8. The Morgan fingerprint density at radius 1 is 1.36 bits per heavy atom. The molecule has 1 aromatic carbocycles. The molecule has 11 nitrogen and oxygen atoms in total. The number of amides is 2. The van der Waals surface area contributed by atoms with Crippen LogP contribution in [0.25, 0.3) is 11.0 Å². The Balaban J connectivity index is 1.60. The van der Waals surface area contributed by atoms with Crippen LogP contribution < -0.4 is 0 Å². The van der Waals surface area contributed by atoms with E-state index in [1.165, 1.54) is 4.90 Å². The standard InChI is InChI=1S/C28H37N5O6/c1-6-13-31(16-32-20-12-10-9-11-19(20)29-30-32)25(36)23-28-14-17(4)27(5,39-28)22(26(37)38-8-3)21(28)24(35)33(23)18(7-2)15-34/h6,9-12,17-18,21-23,34H,1,7-8,13-16H2,2-5H3/t17?,18-,21-,22-,23?,27+,28?/m0/s1. The fraction of sp³-hybridized carbons (Fsp3) is 0.607.